The van der Waals surface area contributed by atoms with E-state index in [9.17, 15) is 14.4 Å². The van der Waals surface area contributed by atoms with Crippen molar-refractivity contribution in [2.24, 2.45) is 23.2 Å². The van der Waals surface area contributed by atoms with Crippen LogP contribution in [0.5, 0.6) is 0 Å². The van der Waals surface area contributed by atoms with Gasteiger partial charge in [-0.2, -0.15) is 0 Å². The standard InChI is InChI=1S/C45H58N8O5S/c1-8-52-37-10-9-27-18-31(37)33(41(52)32-19-34(26(3)57-7)46-22-38(32)51-13-11-50(6)12-14-51)21-45(4,5)24-58-44(56)40-28-16-29(17-28)53(49-40)43(55)35(20-39-47-36(27)23-59-39)48-42(54)30-15-25(30)2/h9-10,18-19,22-23,25-26,28-30,35,40,49H,8,11-17,20-21,24H2,1-7H3,(H,48,54)/t25-,26-,28?,29?,30-,35-,40-/m0/s1/i6D3. The van der Waals surface area contributed by atoms with Gasteiger partial charge in [-0.25, -0.2) is 10.4 Å². The normalized spacial score (nSPS) is 28.5. The summed E-state index contributed by atoms with van der Waals surface area (Å²) in [6.07, 6.45) is 4.59. The molecule has 3 aromatic heterocycles. The maximum absolute atomic E-state index is 14.4. The number of methoxy groups -OCH3 is 1. The fourth-order valence-corrected chi connectivity index (χ4v) is 10.3. The van der Waals surface area contributed by atoms with E-state index in [0.717, 1.165) is 61.8 Å². The van der Waals surface area contributed by atoms with Crippen LogP contribution in [0.25, 0.3) is 33.4 Å². The summed E-state index contributed by atoms with van der Waals surface area (Å²) >= 11 is 1.47. The molecule has 5 atom stereocenters. The van der Waals surface area contributed by atoms with Gasteiger partial charge in [0, 0.05) is 95.2 Å². The van der Waals surface area contributed by atoms with Crippen LogP contribution in [0.15, 0.2) is 35.8 Å². The number of esters is 1. The van der Waals surface area contributed by atoms with Crippen LogP contribution in [0.2, 0.25) is 0 Å². The second-order valence-corrected chi connectivity index (χ2v) is 19.1. The zero-order chi connectivity index (χ0) is 43.8. The average molecular weight is 826 g/mol. The Morgan fingerprint density at radius 2 is 1.95 bits per heavy atom. The Balaban J connectivity index is 1.17. The van der Waals surface area contributed by atoms with Crippen molar-refractivity contribution in [3.05, 3.63) is 52.1 Å². The van der Waals surface area contributed by atoms with Crippen molar-refractivity contribution in [1.29, 1.82) is 0 Å². The Labute approximate surface area is 355 Å². The number of aryl methyl sites for hydroxylation is 1. The molecule has 6 aliphatic rings. The van der Waals surface area contributed by atoms with Gasteiger partial charge in [-0.3, -0.25) is 24.4 Å². The van der Waals surface area contributed by atoms with Crippen molar-refractivity contribution >= 4 is 45.7 Å². The molecule has 3 saturated heterocycles. The van der Waals surface area contributed by atoms with Crippen LogP contribution in [0, 0.1) is 23.2 Å². The molecule has 5 fully saturated rings. The van der Waals surface area contributed by atoms with Crippen LogP contribution in [0.4, 0.5) is 5.69 Å². The Kier molecular flexibility index (Phi) is 9.64. The highest BCUT2D eigenvalue weighted by atomic mass is 32.1. The minimum Gasteiger partial charge on any atom is -0.464 e. The van der Waals surface area contributed by atoms with Crippen LogP contribution in [-0.2, 0) is 43.2 Å². The van der Waals surface area contributed by atoms with Crippen molar-refractivity contribution in [3.63, 3.8) is 0 Å². The minimum absolute atomic E-state index is 0.0510. The molecule has 4 aromatic rings. The average Bonchev–Trinajstić information content (AvgIpc) is 3.66. The molecule has 13 nitrogen and oxygen atoms in total. The number of carbonyl (C=O) groups is 3. The van der Waals surface area contributed by atoms with E-state index < -0.39 is 24.5 Å². The van der Waals surface area contributed by atoms with Crippen LogP contribution in [0.3, 0.4) is 0 Å². The summed E-state index contributed by atoms with van der Waals surface area (Å²) < 4.78 is 38.5. The van der Waals surface area contributed by atoms with E-state index in [1.165, 1.54) is 11.3 Å². The number of piperazine rings is 1. The van der Waals surface area contributed by atoms with Crippen LogP contribution < -0.4 is 15.6 Å². The molecule has 0 radical (unpaired) electrons. The van der Waals surface area contributed by atoms with Gasteiger partial charge in [0.2, 0.25) is 5.91 Å². The lowest BCUT2D eigenvalue weighted by Crippen LogP contribution is -2.71. The van der Waals surface area contributed by atoms with Gasteiger partial charge < -0.3 is 29.2 Å². The Bertz CT molecular complexity index is 2390. The summed E-state index contributed by atoms with van der Waals surface area (Å²) in [7, 11) is 1.67. The molecular formula is C45H58N8O5S. The number of rotatable bonds is 7. The zero-order valence-electron chi connectivity index (χ0n) is 37.9. The number of fused-ring (bicyclic) bond motifs is 4. The Morgan fingerprint density at radius 1 is 1.17 bits per heavy atom. The number of anilines is 1. The molecule has 14 heteroatoms. The SMILES string of the molecule is [2H]C([2H])([2H])N1CCN(c2cnc([C@H](C)OC)cc2-c2c3c4cc(ccc4n2CC)-c2csc(n2)C[C@H](NC(=O)[C@H]2C[C@@H]2C)C(=O)N2N[C@H](C(=O)OCC(C)(C)C3)C3CC2C3)CC1. The number of ether oxygens (including phenoxy) is 2. The van der Waals surface area contributed by atoms with Crippen molar-refractivity contribution in [2.75, 3.05) is 51.8 Å². The van der Waals surface area contributed by atoms with Crippen molar-refractivity contribution in [1.82, 2.24) is 35.2 Å². The maximum atomic E-state index is 14.4. The molecule has 2 aliphatic carbocycles. The lowest BCUT2D eigenvalue weighted by atomic mass is 9.73. The number of pyridine rings is 1. The van der Waals surface area contributed by atoms with E-state index in [1.54, 1.807) is 17.0 Å². The van der Waals surface area contributed by atoms with Gasteiger partial charge in [-0.1, -0.05) is 26.8 Å². The number of carbonyl (C=O) groups excluding carboxylic acids is 3. The number of benzene rings is 1. The van der Waals surface area contributed by atoms with E-state index in [1.807, 2.05) is 25.4 Å². The molecule has 0 unspecified atom stereocenters. The topological polar surface area (TPSA) is 134 Å². The summed E-state index contributed by atoms with van der Waals surface area (Å²) in [6, 6.07) is 6.97. The zero-order valence-corrected chi connectivity index (χ0v) is 35.7. The van der Waals surface area contributed by atoms with Gasteiger partial charge in [0.05, 0.1) is 46.7 Å². The van der Waals surface area contributed by atoms with Crippen LogP contribution in [-0.4, -0.2) is 107 Å². The van der Waals surface area contributed by atoms with E-state index >= 15 is 0 Å². The van der Waals surface area contributed by atoms with Crippen molar-refractivity contribution < 1.29 is 28.0 Å². The minimum atomic E-state index is -2.16. The van der Waals surface area contributed by atoms with E-state index in [4.69, 9.17) is 23.6 Å². The summed E-state index contributed by atoms with van der Waals surface area (Å²) in [6.45, 7) is 10.9. The second kappa shape index (κ2) is 15.6. The first-order valence-electron chi connectivity index (χ1n) is 22.7. The molecule has 7 heterocycles. The fraction of sp³-hybridized carbons (Fsp3) is 0.578. The fourth-order valence-electron chi connectivity index (χ4n) is 9.49. The lowest BCUT2D eigenvalue weighted by molar-refractivity contribution is -0.171. The highest BCUT2D eigenvalue weighted by molar-refractivity contribution is 7.10. The van der Waals surface area contributed by atoms with Gasteiger partial charge in [0.1, 0.15) is 12.1 Å². The summed E-state index contributed by atoms with van der Waals surface area (Å²) in [5.74, 6) is -0.547. The molecule has 10 rings (SSSR count). The number of thiazole rings is 1. The number of nitrogens with zero attached hydrogens (tertiary/aromatic N) is 6. The predicted octanol–water partition coefficient (Wildman–Crippen LogP) is 5.61. The van der Waals surface area contributed by atoms with Crippen LogP contribution >= 0.6 is 11.3 Å². The third-order valence-electron chi connectivity index (χ3n) is 13.3. The quantitative estimate of drug-likeness (QED) is 0.227. The van der Waals surface area contributed by atoms with E-state index in [2.05, 4.69) is 65.2 Å². The number of likely N-dealkylation sites (N-methyl/N-ethyl adjacent to an activating group) is 1. The highest BCUT2D eigenvalue weighted by Crippen LogP contribution is 2.45. The largest absolute Gasteiger partial charge is 0.464 e. The second-order valence-electron chi connectivity index (χ2n) is 18.1. The van der Waals surface area contributed by atoms with E-state index in [0.29, 0.717) is 52.0 Å². The van der Waals surface area contributed by atoms with Gasteiger partial charge in [0.25, 0.3) is 5.91 Å². The molecule has 1 aromatic carbocycles. The van der Waals surface area contributed by atoms with Crippen molar-refractivity contribution in [2.45, 2.75) is 97.5 Å². The van der Waals surface area contributed by atoms with Gasteiger partial charge >= 0.3 is 5.97 Å². The molecule has 4 aliphatic heterocycles. The molecule has 8 bridgehead atoms. The monoisotopic (exact) mass is 825 g/mol. The molecule has 0 spiro atoms. The third-order valence-corrected chi connectivity index (χ3v) is 14.2. The number of cyclic esters (lactones) is 1. The van der Waals surface area contributed by atoms with Gasteiger partial charge in [-0.15, -0.1) is 11.3 Å². The first kappa shape index (κ1) is 36.5. The maximum Gasteiger partial charge on any atom is 0.325 e. The van der Waals surface area contributed by atoms with Gasteiger partial charge in [-0.05, 0) is 82.1 Å². The molecule has 59 heavy (non-hydrogen) atoms. The third kappa shape index (κ3) is 7.55. The summed E-state index contributed by atoms with van der Waals surface area (Å²) in [5.41, 5.74) is 10.3. The van der Waals surface area contributed by atoms with Crippen molar-refractivity contribution in [3.8, 4) is 22.5 Å². The predicted molar refractivity (Wildman–Crippen MR) is 229 cm³/mol. The Hall–Kier alpha value is -4.37. The summed E-state index contributed by atoms with van der Waals surface area (Å²) in [4.78, 5) is 55.6. The first-order valence-corrected chi connectivity index (χ1v) is 22.1. The molecule has 2 N–H and O–H groups in total. The van der Waals surface area contributed by atoms with Gasteiger partial charge in [0.15, 0.2) is 0 Å². The smallest absolute Gasteiger partial charge is 0.325 e. The molecular weight excluding hydrogens is 765 g/mol. The number of hydrogen-bond donors (Lipinski definition) is 2. The number of hydrazine groups is 1. The number of hydrogen-bond acceptors (Lipinski definition) is 11. The first-order chi connectivity index (χ1) is 29.5. The Morgan fingerprint density at radius 3 is 2.66 bits per heavy atom. The summed E-state index contributed by atoms with van der Waals surface area (Å²) in [5, 5.41) is 8.47. The van der Waals surface area contributed by atoms with Crippen LogP contribution in [0.1, 0.15) is 80.4 Å². The highest BCUT2D eigenvalue weighted by Gasteiger charge is 2.51. The molecule has 314 valence electrons. The molecule has 2 amide bonds. The number of amides is 2. The number of nitrogens with one attached hydrogen (secondary N) is 2. The number of aromatic nitrogens is 3. The lowest BCUT2D eigenvalue weighted by Gasteiger charge is -2.53. The molecule has 2 saturated carbocycles. The van der Waals surface area contributed by atoms with E-state index in [-0.39, 0.29) is 60.7 Å².